The Kier molecular flexibility index (Phi) is 6.34. The number of aliphatic imine (C=N–C) groups is 1. The molecule has 0 saturated carbocycles. The zero-order valence-corrected chi connectivity index (χ0v) is 22.3. The first kappa shape index (κ1) is 22.2. The third-order valence-electron chi connectivity index (χ3n) is 6.02. The number of amides is 1. The van der Waals surface area contributed by atoms with E-state index in [1.807, 2.05) is 35.2 Å². The summed E-state index contributed by atoms with van der Waals surface area (Å²) in [7, 11) is -1.93. The summed E-state index contributed by atoms with van der Waals surface area (Å²) in [4.78, 5) is 20.2. The maximum absolute atomic E-state index is 13.1. The van der Waals surface area contributed by atoms with Crippen molar-refractivity contribution in [1.29, 1.82) is 0 Å². The molecule has 0 radical (unpaired) electrons. The van der Waals surface area contributed by atoms with Crippen molar-refractivity contribution in [2.75, 3.05) is 0 Å². The number of amidine groups is 1. The van der Waals surface area contributed by atoms with E-state index in [2.05, 4.69) is 70.0 Å². The minimum atomic E-state index is -1.93. The van der Waals surface area contributed by atoms with Crippen LogP contribution in [0.15, 0.2) is 45.5 Å². The van der Waals surface area contributed by atoms with Crippen LogP contribution in [0.5, 0.6) is 0 Å². The number of nitrogens with zero attached hydrogens (tertiary/aromatic N) is 2. The molecule has 0 bridgehead atoms. The summed E-state index contributed by atoms with van der Waals surface area (Å²) in [5.41, 5.74) is 0.902. The van der Waals surface area contributed by atoms with Crippen LogP contribution in [0.1, 0.15) is 27.7 Å². The normalized spacial score (nSPS) is 27.5. The predicted octanol–water partition coefficient (Wildman–Crippen LogP) is 5.37. The number of carbonyl (C=O) groups excluding carboxylic acids is 1. The second-order valence-corrected chi connectivity index (χ2v) is 17.5. The van der Waals surface area contributed by atoms with Gasteiger partial charge in [-0.2, -0.15) is 0 Å². The molecular formula is C21H29IN2O2SeSi. The van der Waals surface area contributed by atoms with Gasteiger partial charge in [0.1, 0.15) is 0 Å². The van der Waals surface area contributed by atoms with Gasteiger partial charge in [-0.15, -0.1) is 0 Å². The first-order valence-corrected chi connectivity index (χ1v) is 15.4. The average Bonchev–Trinajstić information content (AvgIpc) is 2.88. The molecule has 1 amide bonds. The fourth-order valence-electron chi connectivity index (χ4n) is 3.45. The van der Waals surface area contributed by atoms with Gasteiger partial charge in [-0.3, -0.25) is 0 Å². The molecule has 0 spiro atoms. The number of benzene rings is 1. The quantitative estimate of drug-likeness (QED) is 0.270. The molecule has 2 heterocycles. The first-order valence-electron chi connectivity index (χ1n) is 9.59. The molecule has 2 saturated heterocycles. The second-order valence-electron chi connectivity index (χ2n) is 9.02. The summed E-state index contributed by atoms with van der Waals surface area (Å²) in [5, 5.41) is 0.125. The van der Waals surface area contributed by atoms with Crippen molar-refractivity contribution in [3.63, 3.8) is 0 Å². The fourth-order valence-corrected chi connectivity index (χ4v) is 8.57. The topological polar surface area (TPSA) is 41.9 Å². The first-order chi connectivity index (χ1) is 12.9. The molecule has 3 rings (SSSR count). The van der Waals surface area contributed by atoms with Gasteiger partial charge in [-0.05, 0) is 0 Å². The van der Waals surface area contributed by atoms with Crippen LogP contribution < -0.4 is 0 Å². The third-order valence-corrected chi connectivity index (χ3v) is 15.0. The van der Waals surface area contributed by atoms with E-state index in [-0.39, 0.29) is 44.0 Å². The summed E-state index contributed by atoms with van der Waals surface area (Å²) in [6.45, 7) is 17.5. The Hall–Kier alpha value is -0.474. The Bertz CT molecular complexity index is 806. The van der Waals surface area contributed by atoms with Gasteiger partial charge in [-0.1, -0.05) is 0 Å². The molecule has 0 aromatic heterocycles. The number of halogens is 1. The van der Waals surface area contributed by atoms with Crippen LogP contribution in [0.25, 0.3) is 0 Å². The van der Waals surface area contributed by atoms with Gasteiger partial charge in [0.2, 0.25) is 0 Å². The average molecular weight is 575 g/mol. The monoisotopic (exact) mass is 576 g/mol. The van der Waals surface area contributed by atoms with E-state index in [9.17, 15) is 4.79 Å². The van der Waals surface area contributed by atoms with Crippen molar-refractivity contribution in [1.82, 2.24) is 4.90 Å². The van der Waals surface area contributed by atoms with Crippen molar-refractivity contribution >= 4 is 62.2 Å². The summed E-state index contributed by atoms with van der Waals surface area (Å²) in [6, 6.07) is 10.0. The molecule has 2 fully saturated rings. The van der Waals surface area contributed by atoms with E-state index in [0.29, 0.717) is 4.82 Å². The number of fused-ring (bicyclic) bond motifs is 1. The van der Waals surface area contributed by atoms with Gasteiger partial charge in [0, 0.05) is 0 Å². The Morgan fingerprint density at radius 2 is 1.93 bits per heavy atom. The number of rotatable bonds is 5. The molecule has 1 unspecified atom stereocenters. The number of carbonyl (C=O) groups is 1. The molecule has 28 heavy (non-hydrogen) atoms. The Labute approximate surface area is 189 Å². The summed E-state index contributed by atoms with van der Waals surface area (Å²) < 4.78 is 8.63. The van der Waals surface area contributed by atoms with Gasteiger partial charge in [-0.25, -0.2) is 0 Å². The van der Waals surface area contributed by atoms with Crippen molar-refractivity contribution < 1.29 is 9.22 Å². The molecule has 2 aliphatic rings. The molecular weight excluding hydrogens is 546 g/mol. The van der Waals surface area contributed by atoms with Crippen LogP contribution in [0.4, 0.5) is 5.69 Å². The summed E-state index contributed by atoms with van der Waals surface area (Å²) in [6.07, 6.45) is -0.0835. The van der Waals surface area contributed by atoms with Crippen molar-refractivity contribution in [3.8, 4) is 0 Å². The number of para-hydroxylation sites is 1. The Morgan fingerprint density at radius 3 is 2.46 bits per heavy atom. The van der Waals surface area contributed by atoms with Crippen LogP contribution in [0.3, 0.4) is 0 Å². The van der Waals surface area contributed by atoms with E-state index < -0.39 is 8.32 Å². The van der Waals surface area contributed by atoms with Crippen LogP contribution in [-0.2, 0) is 9.22 Å². The molecule has 1 aromatic carbocycles. The Morgan fingerprint density at radius 1 is 1.32 bits per heavy atom. The summed E-state index contributed by atoms with van der Waals surface area (Å²) >= 11 is 2.42. The molecule has 4 nitrogen and oxygen atoms in total. The van der Waals surface area contributed by atoms with Gasteiger partial charge < -0.3 is 0 Å². The zero-order chi connectivity index (χ0) is 20.9. The minimum absolute atomic E-state index is 0.0835. The SMILES string of the molecule is C=C(I)C1[Se]C(=Nc2ccccc2)N2C(=O)[C@H]([C@@H](C)O[Si](C)(C)C(C)(C)C)[C@@H]12. The van der Waals surface area contributed by atoms with E-state index in [0.717, 1.165) is 14.0 Å². The summed E-state index contributed by atoms with van der Waals surface area (Å²) in [5.74, 6) is 0.0592. The predicted molar refractivity (Wildman–Crippen MR) is 128 cm³/mol. The zero-order valence-electron chi connectivity index (χ0n) is 17.4. The van der Waals surface area contributed by atoms with Crippen LogP contribution in [-0.4, -0.2) is 51.0 Å². The molecule has 1 aromatic rings. The van der Waals surface area contributed by atoms with Crippen LogP contribution >= 0.6 is 22.6 Å². The van der Waals surface area contributed by atoms with Gasteiger partial charge in [0.05, 0.1) is 0 Å². The Balaban J connectivity index is 1.85. The van der Waals surface area contributed by atoms with E-state index in [1.54, 1.807) is 0 Å². The van der Waals surface area contributed by atoms with Gasteiger partial charge in [0.25, 0.3) is 0 Å². The van der Waals surface area contributed by atoms with Crippen molar-refractivity contribution in [2.45, 2.75) is 62.8 Å². The van der Waals surface area contributed by atoms with Gasteiger partial charge >= 0.3 is 191 Å². The molecule has 4 atom stereocenters. The number of hydrogen-bond acceptors (Lipinski definition) is 3. The molecule has 0 aliphatic carbocycles. The maximum atomic E-state index is 13.1. The standard InChI is InChI=1S/C21H29IN2O2SeSi/c1-13(22)18-17-16(14(2)26-28(6,7)21(3,4)5)19(25)24(17)20(27-18)23-15-11-9-8-10-12-15/h8-12,14,16-18H,1H2,2-7H3/t14-,16-,17+,18?/m1/s1. The number of β-lactam (4-membered cyclic amide) rings is 1. The van der Waals surface area contributed by atoms with Crippen molar-refractivity contribution in [2.24, 2.45) is 10.9 Å². The van der Waals surface area contributed by atoms with E-state index >= 15 is 0 Å². The van der Waals surface area contributed by atoms with Crippen LogP contribution in [0.2, 0.25) is 22.9 Å². The van der Waals surface area contributed by atoms with Gasteiger partial charge in [0.15, 0.2) is 0 Å². The second kappa shape index (κ2) is 7.98. The molecule has 152 valence electrons. The fraction of sp³-hybridized carbons (Fsp3) is 0.524. The van der Waals surface area contributed by atoms with E-state index in [4.69, 9.17) is 9.42 Å². The van der Waals surface area contributed by atoms with Crippen molar-refractivity contribution in [3.05, 3.63) is 40.5 Å². The third kappa shape index (κ3) is 4.06. The van der Waals surface area contributed by atoms with E-state index in [1.165, 1.54) is 0 Å². The molecule has 0 N–H and O–H groups in total. The van der Waals surface area contributed by atoms with Crippen LogP contribution in [0, 0.1) is 5.92 Å². The molecule has 7 heteroatoms. The molecule has 2 aliphatic heterocycles. The number of hydrogen-bond donors (Lipinski definition) is 0.